The van der Waals surface area contributed by atoms with Gasteiger partial charge in [-0.15, -0.1) is 0 Å². The predicted octanol–water partition coefficient (Wildman–Crippen LogP) is 0.887. The van der Waals surface area contributed by atoms with Gasteiger partial charge in [-0.1, -0.05) is 0 Å². The summed E-state index contributed by atoms with van der Waals surface area (Å²) in [5.74, 6) is -1.12. The van der Waals surface area contributed by atoms with Crippen LogP contribution < -0.4 is 5.32 Å². The highest BCUT2D eigenvalue weighted by molar-refractivity contribution is 5.88. The summed E-state index contributed by atoms with van der Waals surface area (Å²) >= 11 is 0. The second-order valence-corrected chi connectivity index (χ2v) is 6.38. The van der Waals surface area contributed by atoms with Gasteiger partial charge < -0.3 is 24.6 Å². The van der Waals surface area contributed by atoms with Crippen molar-refractivity contribution in [3.05, 3.63) is 24.2 Å². The van der Waals surface area contributed by atoms with Gasteiger partial charge >= 0.3 is 12.0 Å². The van der Waals surface area contributed by atoms with Crippen LogP contribution in [0.5, 0.6) is 0 Å². The molecular weight excluding hydrogens is 314 g/mol. The normalized spacial score (nSPS) is 22.9. The molecule has 8 nitrogen and oxygen atoms in total. The molecule has 2 fully saturated rings. The van der Waals surface area contributed by atoms with E-state index in [1.807, 2.05) is 0 Å². The van der Waals surface area contributed by atoms with Gasteiger partial charge in [-0.2, -0.15) is 0 Å². The molecule has 24 heavy (non-hydrogen) atoms. The van der Waals surface area contributed by atoms with Crippen molar-refractivity contribution in [3.63, 3.8) is 0 Å². The smallest absolute Gasteiger partial charge is 0.317 e. The highest BCUT2D eigenvalue weighted by Gasteiger charge is 2.55. The number of nitrogens with zero attached hydrogens (tertiary/aromatic N) is 2. The lowest BCUT2D eigenvalue weighted by atomic mass is 9.77. The molecule has 8 heteroatoms. The van der Waals surface area contributed by atoms with Gasteiger partial charge in [0.15, 0.2) is 0 Å². The second kappa shape index (κ2) is 6.18. The SMILES string of the molecule is CN1C(=O)C[C@H](C(=O)O)C12CCN(C(=O)NCc1ccco1)CC2. The number of furan rings is 1. The van der Waals surface area contributed by atoms with Crippen molar-refractivity contribution in [2.24, 2.45) is 5.92 Å². The van der Waals surface area contributed by atoms with E-state index in [-0.39, 0.29) is 18.4 Å². The molecular formula is C16H21N3O5. The van der Waals surface area contributed by atoms with Gasteiger partial charge in [-0.3, -0.25) is 9.59 Å². The van der Waals surface area contributed by atoms with Crippen LogP contribution in [0.4, 0.5) is 4.79 Å². The van der Waals surface area contributed by atoms with Crippen LogP contribution in [0.25, 0.3) is 0 Å². The van der Waals surface area contributed by atoms with Crippen LogP contribution in [0.3, 0.4) is 0 Å². The Labute approximate surface area is 139 Å². The van der Waals surface area contributed by atoms with Crippen LogP contribution in [0.15, 0.2) is 22.8 Å². The second-order valence-electron chi connectivity index (χ2n) is 6.38. The molecule has 3 amide bonds. The molecule has 0 aliphatic carbocycles. The zero-order chi connectivity index (χ0) is 17.3. The lowest BCUT2D eigenvalue weighted by molar-refractivity contribution is -0.145. The molecule has 3 rings (SSSR count). The number of carboxylic acid groups (broad SMARTS) is 1. The number of hydrogen-bond donors (Lipinski definition) is 2. The van der Waals surface area contributed by atoms with Crippen LogP contribution in [0.2, 0.25) is 0 Å². The molecule has 1 atom stereocenters. The maximum Gasteiger partial charge on any atom is 0.317 e. The zero-order valence-electron chi connectivity index (χ0n) is 13.5. The summed E-state index contributed by atoms with van der Waals surface area (Å²) in [4.78, 5) is 39.0. The number of aliphatic carboxylic acids is 1. The maximum atomic E-state index is 12.2. The Morgan fingerprint density at radius 3 is 2.71 bits per heavy atom. The molecule has 0 aromatic carbocycles. The van der Waals surface area contributed by atoms with Crippen molar-refractivity contribution < 1.29 is 23.9 Å². The Morgan fingerprint density at radius 2 is 2.12 bits per heavy atom. The summed E-state index contributed by atoms with van der Waals surface area (Å²) in [6.45, 7) is 1.15. The van der Waals surface area contributed by atoms with Crippen LogP contribution in [0, 0.1) is 5.92 Å². The molecule has 0 radical (unpaired) electrons. The van der Waals surface area contributed by atoms with Crippen molar-refractivity contribution in [2.45, 2.75) is 31.3 Å². The fraction of sp³-hybridized carbons (Fsp3) is 0.562. The van der Waals surface area contributed by atoms with Crippen LogP contribution >= 0.6 is 0 Å². The number of likely N-dealkylation sites (tertiary alicyclic amines) is 2. The summed E-state index contributed by atoms with van der Waals surface area (Å²) in [5, 5.41) is 12.2. The molecule has 0 unspecified atom stereocenters. The molecule has 0 bridgehead atoms. The summed E-state index contributed by atoms with van der Waals surface area (Å²) in [7, 11) is 1.66. The molecule has 0 saturated carbocycles. The van der Waals surface area contributed by atoms with E-state index in [0.717, 1.165) is 0 Å². The van der Waals surface area contributed by atoms with Crippen molar-refractivity contribution in [3.8, 4) is 0 Å². The maximum absolute atomic E-state index is 12.2. The van der Waals surface area contributed by atoms with E-state index in [1.54, 1.807) is 35.2 Å². The summed E-state index contributed by atoms with van der Waals surface area (Å²) in [6, 6.07) is 3.33. The number of carbonyl (C=O) groups is 3. The average molecular weight is 335 g/mol. The highest BCUT2D eigenvalue weighted by atomic mass is 16.4. The first-order chi connectivity index (χ1) is 11.4. The first-order valence-electron chi connectivity index (χ1n) is 7.99. The molecule has 1 aromatic rings. The minimum absolute atomic E-state index is 0.0382. The van der Waals surface area contributed by atoms with Gasteiger partial charge in [0.2, 0.25) is 5.91 Å². The summed E-state index contributed by atoms with van der Waals surface area (Å²) in [5.41, 5.74) is -0.680. The fourth-order valence-electron chi connectivity index (χ4n) is 3.77. The first-order valence-corrected chi connectivity index (χ1v) is 7.99. The molecule has 2 aliphatic rings. The van der Waals surface area contributed by atoms with Gasteiger partial charge in [-0.05, 0) is 25.0 Å². The van der Waals surface area contributed by atoms with E-state index in [4.69, 9.17) is 4.42 Å². The Morgan fingerprint density at radius 1 is 1.42 bits per heavy atom. The minimum Gasteiger partial charge on any atom is -0.481 e. The Hall–Kier alpha value is -2.51. The number of carbonyl (C=O) groups excluding carboxylic acids is 2. The number of urea groups is 1. The molecule has 1 spiro atoms. The topological polar surface area (TPSA) is 103 Å². The highest BCUT2D eigenvalue weighted by Crippen LogP contribution is 2.42. The Bertz CT molecular complexity index is 634. The number of hydrogen-bond acceptors (Lipinski definition) is 4. The van der Waals surface area contributed by atoms with Gasteiger partial charge in [0, 0.05) is 26.6 Å². The molecule has 2 N–H and O–H groups in total. The van der Waals surface area contributed by atoms with Gasteiger partial charge in [0.25, 0.3) is 0 Å². The molecule has 3 heterocycles. The largest absolute Gasteiger partial charge is 0.481 e. The van der Waals surface area contributed by atoms with E-state index < -0.39 is 17.4 Å². The molecule has 130 valence electrons. The van der Waals surface area contributed by atoms with Crippen molar-refractivity contribution in [1.82, 2.24) is 15.1 Å². The van der Waals surface area contributed by atoms with Crippen LogP contribution in [-0.2, 0) is 16.1 Å². The zero-order valence-corrected chi connectivity index (χ0v) is 13.5. The molecule has 2 aliphatic heterocycles. The quantitative estimate of drug-likeness (QED) is 0.854. The number of rotatable bonds is 3. The lowest BCUT2D eigenvalue weighted by Crippen LogP contribution is -2.58. The summed E-state index contributed by atoms with van der Waals surface area (Å²) < 4.78 is 5.17. The third-order valence-electron chi connectivity index (χ3n) is 5.28. The lowest BCUT2D eigenvalue weighted by Gasteiger charge is -2.45. The van der Waals surface area contributed by atoms with Crippen LogP contribution in [-0.4, -0.2) is 58.5 Å². The Kier molecular flexibility index (Phi) is 4.21. The number of nitrogens with one attached hydrogen (secondary N) is 1. The van der Waals surface area contributed by atoms with E-state index in [0.29, 0.717) is 38.2 Å². The average Bonchev–Trinajstić information content (AvgIpc) is 3.17. The van der Waals surface area contributed by atoms with Crippen molar-refractivity contribution in [2.75, 3.05) is 20.1 Å². The minimum atomic E-state index is -0.941. The number of piperidine rings is 1. The Balaban J connectivity index is 1.61. The number of amides is 3. The predicted molar refractivity (Wildman–Crippen MR) is 83.0 cm³/mol. The number of carboxylic acids is 1. The van der Waals surface area contributed by atoms with E-state index in [2.05, 4.69) is 5.32 Å². The standard InChI is InChI=1S/C16H21N3O5/c1-18-13(20)9-12(14(21)22)16(18)4-6-19(7-5-16)15(23)17-10-11-3-2-8-24-11/h2-3,8,12H,4-7,9-10H2,1H3,(H,17,23)(H,21,22)/t12-/m1/s1. The van der Waals surface area contributed by atoms with Crippen LogP contribution in [0.1, 0.15) is 25.0 Å². The van der Waals surface area contributed by atoms with Crippen molar-refractivity contribution >= 4 is 17.9 Å². The first kappa shape index (κ1) is 16.4. The summed E-state index contributed by atoms with van der Waals surface area (Å²) in [6.07, 6.45) is 2.53. The molecule has 1 aromatic heterocycles. The van der Waals surface area contributed by atoms with E-state index in [9.17, 15) is 19.5 Å². The van der Waals surface area contributed by atoms with E-state index in [1.165, 1.54) is 0 Å². The molecule has 2 saturated heterocycles. The van der Waals surface area contributed by atoms with Gasteiger partial charge in [-0.25, -0.2) is 4.79 Å². The van der Waals surface area contributed by atoms with Gasteiger partial charge in [0.1, 0.15) is 5.76 Å². The van der Waals surface area contributed by atoms with Gasteiger partial charge in [0.05, 0.1) is 24.3 Å². The third-order valence-corrected chi connectivity index (χ3v) is 5.28. The fourth-order valence-corrected chi connectivity index (χ4v) is 3.77. The third kappa shape index (κ3) is 2.72. The monoisotopic (exact) mass is 335 g/mol. The van der Waals surface area contributed by atoms with E-state index >= 15 is 0 Å². The van der Waals surface area contributed by atoms with Crippen molar-refractivity contribution in [1.29, 1.82) is 0 Å².